The molecule has 1 fully saturated rings. The maximum absolute atomic E-state index is 12.5. The molecule has 0 aliphatic carbocycles. The molecule has 3 heterocycles. The van der Waals surface area contributed by atoms with Gasteiger partial charge in [0.2, 0.25) is 0 Å². The van der Waals surface area contributed by atoms with Crippen molar-refractivity contribution in [1.82, 2.24) is 24.6 Å². The molecule has 0 spiro atoms. The molecule has 0 aromatic carbocycles. The zero-order valence-electron chi connectivity index (χ0n) is 13.4. The van der Waals surface area contributed by atoms with Gasteiger partial charge in [-0.3, -0.25) is 5.32 Å². The van der Waals surface area contributed by atoms with Gasteiger partial charge < -0.3 is 14.2 Å². The van der Waals surface area contributed by atoms with Crippen molar-refractivity contribution < 1.29 is 9.53 Å². The molecule has 1 N–H and O–H groups in total. The van der Waals surface area contributed by atoms with Crippen molar-refractivity contribution in [2.75, 3.05) is 25.0 Å². The van der Waals surface area contributed by atoms with Gasteiger partial charge in [0.15, 0.2) is 5.82 Å². The number of rotatable bonds is 3. The van der Waals surface area contributed by atoms with Crippen molar-refractivity contribution in [2.45, 2.75) is 33.4 Å². The lowest BCUT2D eigenvalue weighted by atomic mass is 10.2. The van der Waals surface area contributed by atoms with Crippen LogP contribution in [0, 0.1) is 13.8 Å². The molecule has 2 aromatic heterocycles. The first-order chi connectivity index (χ1) is 11.1. The van der Waals surface area contributed by atoms with Crippen LogP contribution in [0.25, 0.3) is 0 Å². The first-order valence-electron chi connectivity index (χ1n) is 7.57. The number of nitrogens with zero attached hydrogens (tertiary/aromatic N) is 5. The van der Waals surface area contributed by atoms with Crippen molar-refractivity contribution in [1.29, 1.82) is 0 Å². The van der Waals surface area contributed by atoms with Crippen molar-refractivity contribution >= 4 is 22.4 Å². The molecule has 0 unspecified atom stereocenters. The van der Waals surface area contributed by atoms with Crippen LogP contribution < -0.4 is 5.32 Å². The lowest BCUT2D eigenvalue weighted by molar-refractivity contribution is -0.0199. The number of urea groups is 1. The average Bonchev–Trinajstić information content (AvgIpc) is 3.14. The van der Waals surface area contributed by atoms with Gasteiger partial charge in [-0.25, -0.2) is 9.78 Å². The molecule has 3 rings (SSSR count). The standard InChI is InChI=1S/C14H20N6O2S/c1-4-19-8-15-18-12(19)11-7-20(5-6-22-11)14(21)17-13-9(2)16-10(3)23-13/h8,11H,4-7H2,1-3H3,(H,17,21)/t11-/m0/s1. The molecule has 1 aliphatic heterocycles. The largest absolute Gasteiger partial charge is 0.366 e. The summed E-state index contributed by atoms with van der Waals surface area (Å²) in [6, 6.07) is -0.132. The van der Waals surface area contributed by atoms with Crippen LogP contribution in [-0.2, 0) is 11.3 Å². The number of hydrogen-bond acceptors (Lipinski definition) is 6. The lowest BCUT2D eigenvalue weighted by Crippen LogP contribution is -2.44. The Morgan fingerprint density at radius 3 is 3.04 bits per heavy atom. The van der Waals surface area contributed by atoms with Crippen LogP contribution in [0.1, 0.15) is 29.6 Å². The summed E-state index contributed by atoms with van der Waals surface area (Å²) >= 11 is 1.48. The summed E-state index contributed by atoms with van der Waals surface area (Å²) in [6.45, 7) is 8.11. The Morgan fingerprint density at radius 1 is 1.52 bits per heavy atom. The fourth-order valence-electron chi connectivity index (χ4n) is 2.57. The molecule has 1 saturated heterocycles. The van der Waals surface area contributed by atoms with Gasteiger partial charge in [0.25, 0.3) is 0 Å². The second-order valence-corrected chi connectivity index (χ2v) is 6.56. The lowest BCUT2D eigenvalue weighted by Gasteiger charge is -2.32. The van der Waals surface area contributed by atoms with Crippen LogP contribution >= 0.6 is 11.3 Å². The smallest absolute Gasteiger partial charge is 0.322 e. The number of hydrogen-bond donors (Lipinski definition) is 1. The topological polar surface area (TPSA) is 85.2 Å². The number of morpholine rings is 1. The van der Waals surface area contributed by atoms with Crippen molar-refractivity contribution in [3.05, 3.63) is 22.9 Å². The molecule has 2 aromatic rings. The monoisotopic (exact) mass is 336 g/mol. The Kier molecular flexibility index (Phi) is 4.58. The number of aromatic nitrogens is 4. The Balaban J connectivity index is 1.68. The highest BCUT2D eigenvalue weighted by Gasteiger charge is 2.29. The molecular formula is C14H20N6O2S. The molecule has 124 valence electrons. The first-order valence-corrected chi connectivity index (χ1v) is 8.39. The minimum atomic E-state index is -0.249. The predicted octanol–water partition coefficient (Wildman–Crippen LogP) is 1.98. The van der Waals surface area contributed by atoms with Gasteiger partial charge in [-0.2, -0.15) is 0 Å². The average molecular weight is 336 g/mol. The molecule has 8 nitrogen and oxygen atoms in total. The number of anilines is 1. The second kappa shape index (κ2) is 6.63. The maximum atomic E-state index is 12.5. The van der Waals surface area contributed by atoms with E-state index in [4.69, 9.17) is 4.74 Å². The van der Waals surface area contributed by atoms with Crippen LogP contribution in [0.2, 0.25) is 0 Å². The van der Waals surface area contributed by atoms with Gasteiger partial charge in [0.05, 0.1) is 23.9 Å². The minimum absolute atomic E-state index is 0.132. The summed E-state index contributed by atoms with van der Waals surface area (Å²) in [6.07, 6.45) is 1.43. The third-order valence-electron chi connectivity index (χ3n) is 3.75. The minimum Gasteiger partial charge on any atom is -0.366 e. The van der Waals surface area contributed by atoms with Crippen LogP contribution in [0.5, 0.6) is 0 Å². The Hall–Kier alpha value is -2.00. The van der Waals surface area contributed by atoms with E-state index in [0.717, 1.165) is 28.1 Å². The van der Waals surface area contributed by atoms with E-state index in [0.29, 0.717) is 19.7 Å². The summed E-state index contributed by atoms with van der Waals surface area (Å²) in [7, 11) is 0. The van der Waals surface area contributed by atoms with E-state index in [2.05, 4.69) is 20.5 Å². The number of carbonyl (C=O) groups is 1. The Morgan fingerprint density at radius 2 is 2.35 bits per heavy atom. The van der Waals surface area contributed by atoms with Crippen LogP contribution in [0.4, 0.5) is 9.80 Å². The third kappa shape index (κ3) is 3.35. The van der Waals surface area contributed by atoms with Crippen molar-refractivity contribution in [3.8, 4) is 0 Å². The molecule has 23 heavy (non-hydrogen) atoms. The van der Waals surface area contributed by atoms with E-state index in [9.17, 15) is 4.79 Å². The highest BCUT2D eigenvalue weighted by molar-refractivity contribution is 7.16. The van der Waals surface area contributed by atoms with E-state index >= 15 is 0 Å². The molecular weight excluding hydrogens is 316 g/mol. The first kappa shape index (κ1) is 15.9. The van der Waals surface area contributed by atoms with Gasteiger partial charge >= 0.3 is 6.03 Å². The highest BCUT2D eigenvalue weighted by atomic mass is 32.1. The number of carbonyl (C=O) groups excluding carboxylic acids is 1. The van der Waals surface area contributed by atoms with Gasteiger partial charge in [-0.1, -0.05) is 0 Å². The summed E-state index contributed by atoms with van der Waals surface area (Å²) in [5, 5.41) is 12.7. The van der Waals surface area contributed by atoms with Crippen molar-refractivity contribution in [3.63, 3.8) is 0 Å². The summed E-state index contributed by atoms with van der Waals surface area (Å²) in [5.74, 6) is 0.759. The molecule has 9 heteroatoms. The maximum Gasteiger partial charge on any atom is 0.322 e. The summed E-state index contributed by atoms with van der Waals surface area (Å²) in [5.41, 5.74) is 0.844. The van der Waals surface area contributed by atoms with E-state index in [1.54, 1.807) is 11.2 Å². The predicted molar refractivity (Wildman–Crippen MR) is 86.6 cm³/mol. The van der Waals surface area contributed by atoms with E-state index in [-0.39, 0.29) is 12.1 Å². The number of ether oxygens (including phenoxy) is 1. The molecule has 0 saturated carbocycles. The Bertz CT molecular complexity index is 697. The third-order valence-corrected chi connectivity index (χ3v) is 4.74. The SMILES string of the molecule is CCn1cnnc1[C@@H]1CN(C(=O)Nc2sc(C)nc2C)CCO1. The quantitative estimate of drug-likeness (QED) is 0.926. The van der Waals surface area contributed by atoms with Crippen molar-refractivity contribution in [2.24, 2.45) is 0 Å². The highest BCUT2D eigenvalue weighted by Crippen LogP contribution is 2.25. The molecule has 1 atom stereocenters. The van der Waals surface area contributed by atoms with Gasteiger partial charge in [-0.15, -0.1) is 21.5 Å². The van der Waals surface area contributed by atoms with Gasteiger partial charge in [0.1, 0.15) is 17.4 Å². The van der Waals surface area contributed by atoms with E-state index < -0.39 is 0 Å². The fraction of sp³-hybridized carbons (Fsp3) is 0.571. The molecule has 2 amide bonds. The molecule has 0 radical (unpaired) electrons. The Labute approximate surface area is 138 Å². The zero-order chi connectivity index (χ0) is 16.4. The number of amides is 2. The number of thiazole rings is 1. The molecule has 0 bridgehead atoms. The molecule has 1 aliphatic rings. The number of aryl methyl sites for hydroxylation is 3. The van der Waals surface area contributed by atoms with Crippen LogP contribution in [0.15, 0.2) is 6.33 Å². The number of nitrogens with one attached hydrogen (secondary N) is 1. The second-order valence-electron chi connectivity index (χ2n) is 5.36. The van der Waals surface area contributed by atoms with E-state index in [1.807, 2.05) is 25.3 Å². The van der Waals surface area contributed by atoms with Crippen LogP contribution in [-0.4, -0.2) is 50.4 Å². The van der Waals surface area contributed by atoms with Gasteiger partial charge in [-0.05, 0) is 20.8 Å². The summed E-state index contributed by atoms with van der Waals surface area (Å²) in [4.78, 5) is 18.6. The van der Waals surface area contributed by atoms with Gasteiger partial charge in [0, 0.05) is 13.1 Å². The normalized spacial score (nSPS) is 18.2. The summed E-state index contributed by atoms with van der Waals surface area (Å²) < 4.78 is 7.70. The fourth-order valence-corrected chi connectivity index (χ4v) is 3.38. The van der Waals surface area contributed by atoms with Crippen LogP contribution in [0.3, 0.4) is 0 Å². The zero-order valence-corrected chi connectivity index (χ0v) is 14.3. The van der Waals surface area contributed by atoms with E-state index in [1.165, 1.54) is 11.3 Å².